The van der Waals surface area contributed by atoms with Gasteiger partial charge in [0.1, 0.15) is 11.6 Å². The highest BCUT2D eigenvalue weighted by Crippen LogP contribution is 2.47. The first kappa shape index (κ1) is 37.6. The third-order valence-corrected chi connectivity index (χ3v) is 7.99. The van der Waals surface area contributed by atoms with E-state index in [4.69, 9.17) is 5.73 Å². The number of halogens is 9. The molecule has 0 spiro atoms. The maximum atomic E-state index is 14.1. The van der Waals surface area contributed by atoms with E-state index in [0.29, 0.717) is 6.07 Å². The molecule has 3 rings (SSSR count). The van der Waals surface area contributed by atoms with E-state index in [1.807, 2.05) is 31.2 Å². The van der Waals surface area contributed by atoms with Gasteiger partial charge in [0.25, 0.3) is 0 Å². The largest absolute Gasteiger partial charge is 0.459 e. The summed E-state index contributed by atoms with van der Waals surface area (Å²) in [5.41, 5.74) is 5.31. The highest BCUT2D eigenvalue weighted by Gasteiger charge is 2.72. The van der Waals surface area contributed by atoms with E-state index >= 15 is 0 Å². The molecule has 0 saturated heterocycles. The summed E-state index contributed by atoms with van der Waals surface area (Å²) < 4.78 is 121. The normalized spacial score (nSPS) is 18.6. The molecular weight excluding hydrogens is 645 g/mol. The fourth-order valence-corrected chi connectivity index (χ4v) is 5.60. The number of aryl methyl sites for hydroxylation is 1. The lowest BCUT2D eigenvalue weighted by Gasteiger charge is -2.41. The van der Waals surface area contributed by atoms with Crippen LogP contribution in [0.3, 0.4) is 0 Å². The summed E-state index contributed by atoms with van der Waals surface area (Å²) in [5, 5.41) is 15.9. The van der Waals surface area contributed by atoms with Gasteiger partial charge in [0.05, 0.1) is 18.1 Å². The van der Waals surface area contributed by atoms with Crippen molar-refractivity contribution in [3.05, 3.63) is 94.1 Å². The highest BCUT2D eigenvalue weighted by atomic mass is 19.4. The van der Waals surface area contributed by atoms with Gasteiger partial charge in [-0.05, 0) is 55.0 Å². The van der Waals surface area contributed by atoms with E-state index < -0.39 is 77.4 Å². The third-order valence-electron chi connectivity index (χ3n) is 7.99. The maximum Gasteiger partial charge on any atom is 0.459 e. The number of aliphatic hydroxyl groups is 1. The van der Waals surface area contributed by atoms with Gasteiger partial charge in [-0.15, -0.1) is 0 Å². The summed E-state index contributed by atoms with van der Waals surface area (Å²) >= 11 is 0. The number of hydrogen-bond acceptors (Lipinski definition) is 4. The maximum absolute atomic E-state index is 14.1. The van der Waals surface area contributed by atoms with Gasteiger partial charge in [0, 0.05) is 30.6 Å². The summed E-state index contributed by atoms with van der Waals surface area (Å²) in [6, 6.07) is 10.0. The predicted molar refractivity (Wildman–Crippen MR) is 154 cm³/mol. The van der Waals surface area contributed by atoms with Gasteiger partial charge in [-0.2, -0.15) is 30.7 Å². The van der Waals surface area contributed by atoms with Crippen molar-refractivity contribution in [1.82, 2.24) is 10.6 Å². The second-order valence-corrected chi connectivity index (χ2v) is 11.6. The molecule has 5 N–H and O–H groups in total. The number of nitrogens with two attached hydrogens (primary N) is 1. The summed E-state index contributed by atoms with van der Waals surface area (Å²) in [5.74, 6) is -18.1. The monoisotopic (exact) mass is 679 g/mol. The van der Waals surface area contributed by atoms with E-state index in [1.54, 1.807) is 0 Å². The molecule has 0 heterocycles. The smallest absolute Gasteiger partial charge is 0.391 e. The summed E-state index contributed by atoms with van der Waals surface area (Å²) in [6.07, 6.45) is -6.08. The lowest BCUT2D eigenvalue weighted by molar-refractivity contribution is -0.352. The van der Waals surface area contributed by atoms with Gasteiger partial charge in [-0.3, -0.25) is 9.59 Å². The number of allylic oxidation sites excluding steroid dienone is 2. The molecule has 3 atom stereocenters. The van der Waals surface area contributed by atoms with Crippen LogP contribution in [0, 0.1) is 23.0 Å². The Bertz CT molecular complexity index is 1500. The van der Waals surface area contributed by atoms with Crippen LogP contribution in [0.15, 0.2) is 65.8 Å². The van der Waals surface area contributed by atoms with Crippen molar-refractivity contribution < 1.29 is 54.2 Å². The minimum atomic E-state index is -6.61. The van der Waals surface area contributed by atoms with Crippen molar-refractivity contribution in [2.24, 2.45) is 17.1 Å². The highest BCUT2D eigenvalue weighted by molar-refractivity contribution is 5.96. The van der Waals surface area contributed by atoms with Crippen LogP contribution in [-0.2, 0) is 29.0 Å². The number of primary amides is 1. The van der Waals surface area contributed by atoms with E-state index in [0.717, 1.165) is 35.8 Å². The standard InChI is InChI=1S/C32H34F9N3O3/c1-3-19-5-4-6-20(8-19)15-43-16-26(45)25(11-21-9-23(33)12-24(34)10-21)29(28(42)47)13-18(2)7-22(14-29)27(46)44-17-30(35,36)31(37,38)32(39,40)41/h4-10,12-13,25-26,43,45H,3,11,14-17H2,1-2H3,(H2,42,47)(H,44,46)/t25-,26+,29?/m1/s1. The Labute approximate surface area is 264 Å². The molecule has 1 aliphatic rings. The number of carbonyl (C=O) groups excluding carboxylic acids is 2. The first-order valence-corrected chi connectivity index (χ1v) is 14.4. The van der Waals surface area contributed by atoms with E-state index in [1.165, 1.54) is 18.3 Å². The van der Waals surface area contributed by atoms with Gasteiger partial charge in [0.2, 0.25) is 11.8 Å². The van der Waals surface area contributed by atoms with Crippen molar-refractivity contribution >= 4 is 11.8 Å². The molecule has 0 fully saturated rings. The number of amides is 2. The van der Waals surface area contributed by atoms with Crippen LogP contribution in [0.1, 0.15) is 37.0 Å². The molecule has 2 aromatic rings. The van der Waals surface area contributed by atoms with Gasteiger partial charge in [-0.1, -0.05) is 48.9 Å². The molecule has 258 valence electrons. The van der Waals surface area contributed by atoms with Gasteiger partial charge in [-0.25, -0.2) is 8.78 Å². The number of aliphatic hydroxyl groups excluding tert-OH is 1. The van der Waals surface area contributed by atoms with Crippen LogP contribution in [-0.4, -0.2) is 54.1 Å². The van der Waals surface area contributed by atoms with E-state index in [-0.39, 0.29) is 30.6 Å². The molecule has 0 aliphatic heterocycles. The topological polar surface area (TPSA) is 104 Å². The molecular formula is C32H34F9N3O3. The molecule has 2 aromatic carbocycles. The Morgan fingerprint density at radius 2 is 1.60 bits per heavy atom. The van der Waals surface area contributed by atoms with Crippen LogP contribution < -0.4 is 16.4 Å². The quantitative estimate of drug-likeness (QED) is 0.197. The Morgan fingerprint density at radius 1 is 0.979 bits per heavy atom. The fraction of sp³-hybridized carbons (Fsp3) is 0.438. The van der Waals surface area contributed by atoms with Gasteiger partial charge < -0.3 is 21.5 Å². The second-order valence-electron chi connectivity index (χ2n) is 11.6. The van der Waals surface area contributed by atoms with Crippen molar-refractivity contribution in [2.45, 2.75) is 63.8 Å². The van der Waals surface area contributed by atoms with Crippen molar-refractivity contribution in [2.75, 3.05) is 13.1 Å². The van der Waals surface area contributed by atoms with Crippen molar-refractivity contribution in [1.29, 1.82) is 0 Å². The molecule has 47 heavy (non-hydrogen) atoms. The SMILES string of the molecule is CCc1cccc(CNC[C@H](O)[C@@H](Cc2cc(F)cc(F)c2)C2(C(N)=O)C=C(C)C=C(C(=O)NCC(F)(F)C(F)(F)C(F)(F)F)C2)c1. The zero-order valence-electron chi connectivity index (χ0n) is 25.3. The molecule has 15 heteroatoms. The summed E-state index contributed by atoms with van der Waals surface area (Å²) in [4.78, 5) is 26.1. The minimum absolute atomic E-state index is 0.0107. The third kappa shape index (κ3) is 8.74. The number of carbonyl (C=O) groups is 2. The molecule has 6 nitrogen and oxygen atoms in total. The Morgan fingerprint density at radius 3 is 2.17 bits per heavy atom. The molecule has 1 unspecified atom stereocenters. The van der Waals surface area contributed by atoms with E-state index in [2.05, 4.69) is 5.32 Å². The Balaban J connectivity index is 1.94. The lowest BCUT2D eigenvalue weighted by Crippen LogP contribution is -2.57. The first-order chi connectivity index (χ1) is 21.7. The molecule has 0 aromatic heterocycles. The van der Waals surface area contributed by atoms with Crippen molar-refractivity contribution in [3.63, 3.8) is 0 Å². The van der Waals surface area contributed by atoms with Gasteiger partial charge in [0.15, 0.2) is 0 Å². The van der Waals surface area contributed by atoms with Crippen LogP contribution in [0.4, 0.5) is 39.5 Å². The fourth-order valence-electron chi connectivity index (χ4n) is 5.60. The summed E-state index contributed by atoms with van der Waals surface area (Å²) in [6.45, 7) is 0.978. The van der Waals surface area contributed by atoms with Crippen LogP contribution >= 0.6 is 0 Å². The van der Waals surface area contributed by atoms with Crippen molar-refractivity contribution in [3.8, 4) is 0 Å². The van der Waals surface area contributed by atoms with E-state index in [9.17, 15) is 54.2 Å². The van der Waals surface area contributed by atoms with Gasteiger partial charge >= 0.3 is 18.0 Å². The first-order valence-electron chi connectivity index (χ1n) is 14.4. The zero-order chi connectivity index (χ0) is 35.4. The number of hydrogen-bond donors (Lipinski definition) is 4. The predicted octanol–water partition coefficient (Wildman–Crippen LogP) is 5.53. The zero-order valence-corrected chi connectivity index (χ0v) is 25.3. The molecule has 0 radical (unpaired) electrons. The summed E-state index contributed by atoms with van der Waals surface area (Å²) in [7, 11) is 0. The number of nitrogens with one attached hydrogen (secondary N) is 2. The number of alkyl halides is 7. The average Bonchev–Trinajstić information content (AvgIpc) is 2.97. The molecule has 0 bridgehead atoms. The number of rotatable bonds is 14. The van der Waals surface area contributed by atoms with Crippen LogP contribution in [0.5, 0.6) is 0 Å². The lowest BCUT2D eigenvalue weighted by atomic mass is 9.63. The second kappa shape index (κ2) is 14.5. The minimum Gasteiger partial charge on any atom is -0.391 e. The Hall–Kier alpha value is -3.85. The number of benzene rings is 2. The molecule has 1 aliphatic carbocycles. The van der Waals surface area contributed by atoms with Crippen LogP contribution in [0.25, 0.3) is 0 Å². The molecule has 0 saturated carbocycles. The molecule has 2 amide bonds. The average molecular weight is 680 g/mol. The van der Waals surface area contributed by atoms with Crippen LogP contribution in [0.2, 0.25) is 0 Å². The Kier molecular flexibility index (Phi) is 11.6.